The van der Waals surface area contributed by atoms with Gasteiger partial charge in [0.2, 0.25) is 0 Å². The fourth-order valence-corrected chi connectivity index (χ4v) is 2.93. The Labute approximate surface area is 137 Å². The van der Waals surface area contributed by atoms with Crippen molar-refractivity contribution in [3.05, 3.63) is 29.6 Å². The van der Waals surface area contributed by atoms with Crippen LogP contribution >= 0.6 is 0 Å². The SMILES string of the molecule is CN=C(NCc1ccc(O)c(F)c1)NC1CC(C)(OC)C1(C)C. The van der Waals surface area contributed by atoms with Gasteiger partial charge in [0.25, 0.3) is 0 Å². The molecule has 128 valence electrons. The van der Waals surface area contributed by atoms with Gasteiger partial charge in [0, 0.05) is 32.2 Å². The van der Waals surface area contributed by atoms with E-state index in [2.05, 4.69) is 36.4 Å². The summed E-state index contributed by atoms with van der Waals surface area (Å²) in [5.74, 6) is -0.302. The van der Waals surface area contributed by atoms with E-state index in [1.54, 1.807) is 20.2 Å². The minimum atomic E-state index is -0.622. The molecule has 2 atom stereocenters. The maximum atomic E-state index is 13.3. The quantitative estimate of drug-likeness (QED) is 0.588. The van der Waals surface area contributed by atoms with E-state index in [-0.39, 0.29) is 22.8 Å². The third-order valence-electron chi connectivity index (χ3n) is 5.28. The van der Waals surface area contributed by atoms with Gasteiger partial charge in [-0.15, -0.1) is 0 Å². The molecule has 2 rings (SSSR count). The number of hydrogen-bond acceptors (Lipinski definition) is 3. The highest BCUT2D eigenvalue weighted by Gasteiger charge is 2.58. The van der Waals surface area contributed by atoms with Crippen LogP contribution < -0.4 is 10.6 Å². The summed E-state index contributed by atoms with van der Waals surface area (Å²) in [7, 11) is 3.44. The monoisotopic (exact) mass is 323 g/mol. The lowest BCUT2D eigenvalue weighted by atomic mass is 9.56. The first-order chi connectivity index (χ1) is 10.7. The Morgan fingerprint density at radius 2 is 2.13 bits per heavy atom. The molecule has 1 aromatic rings. The van der Waals surface area contributed by atoms with Crippen molar-refractivity contribution in [2.75, 3.05) is 14.2 Å². The number of aliphatic imine (C=N–C) groups is 1. The van der Waals surface area contributed by atoms with Crippen LogP contribution in [-0.4, -0.2) is 36.9 Å². The van der Waals surface area contributed by atoms with Crippen LogP contribution in [-0.2, 0) is 11.3 Å². The normalized spacial score (nSPS) is 26.5. The summed E-state index contributed by atoms with van der Waals surface area (Å²) >= 11 is 0. The number of nitrogens with zero attached hydrogens (tertiary/aromatic N) is 1. The summed E-state index contributed by atoms with van der Waals surface area (Å²) < 4.78 is 19.0. The zero-order valence-corrected chi connectivity index (χ0v) is 14.4. The molecule has 0 aliphatic heterocycles. The van der Waals surface area contributed by atoms with Crippen LogP contribution in [0.25, 0.3) is 0 Å². The first kappa shape index (κ1) is 17.5. The van der Waals surface area contributed by atoms with Crippen LogP contribution in [0.4, 0.5) is 4.39 Å². The van der Waals surface area contributed by atoms with Crippen molar-refractivity contribution in [2.24, 2.45) is 10.4 Å². The van der Waals surface area contributed by atoms with Crippen LogP contribution in [0.2, 0.25) is 0 Å². The first-order valence-electron chi connectivity index (χ1n) is 7.73. The van der Waals surface area contributed by atoms with Crippen molar-refractivity contribution in [1.29, 1.82) is 0 Å². The lowest BCUT2D eigenvalue weighted by Crippen LogP contribution is -2.69. The minimum Gasteiger partial charge on any atom is -0.505 e. The summed E-state index contributed by atoms with van der Waals surface area (Å²) in [6, 6.07) is 4.58. The molecule has 0 saturated heterocycles. The highest BCUT2D eigenvalue weighted by atomic mass is 19.1. The van der Waals surface area contributed by atoms with Crippen molar-refractivity contribution in [3.63, 3.8) is 0 Å². The summed E-state index contributed by atoms with van der Waals surface area (Å²) in [5.41, 5.74) is 0.561. The molecule has 5 nitrogen and oxygen atoms in total. The fraction of sp³-hybridized carbons (Fsp3) is 0.588. The topological polar surface area (TPSA) is 65.9 Å². The Balaban J connectivity index is 1.93. The number of ether oxygens (including phenoxy) is 1. The molecule has 1 saturated carbocycles. The number of hydrogen-bond donors (Lipinski definition) is 3. The van der Waals surface area contributed by atoms with E-state index < -0.39 is 5.82 Å². The first-order valence-corrected chi connectivity index (χ1v) is 7.73. The number of halogens is 1. The summed E-state index contributed by atoms with van der Waals surface area (Å²) in [5, 5.41) is 15.8. The predicted octanol–water partition coefficient (Wildman–Crippen LogP) is 2.40. The molecule has 1 aliphatic carbocycles. The second-order valence-corrected chi connectivity index (χ2v) is 6.77. The Bertz CT molecular complexity index is 604. The molecular formula is C17H26FN3O2. The number of aromatic hydroxyl groups is 1. The summed E-state index contributed by atoms with van der Waals surface area (Å²) in [6.45, 7) is 6.87. The van der Waals surface area contributed by atoms with Crippen molar-refractivity contribution in [1.82, 2.24) is 10.6 Å². The zero-order valence-electron chi connectivity index (χ0n) is 14.4. The average Bonchev–Trinajstić information content (AvgIpc) is 2.53. The zero-order chi connectivity index (χ0) is 17.3. The maximum Gasteiger partial charge on any atom is 0.191 e. The van der Waals surface area contributed by atoms with Crippen molar-refractivity contribution in [3.8, 4) is 5.75 Å². The van der Waals surface area contributed by atoms with E-state index in [9.17, 15) is 9.50 Å². The molecule has 3 N–H and O–H groups in total. The molecule has 1 aromatic carbocycles. The van der Waals surface area contributed by atoms with Gasteiger partial charge < -0.3 is 20.5 Å². The van der Waals surface area contributed by atoms with E-state index in [1.165, 1.54) is 12.1 Å². The van der Waals surface area contributed by atoms with Crippen molar-refractivity contribution >= 4 is 5.96 Å². The molecule has 0 bridgehead atoms. The van der Waals surface area contributed by atoms with Gasteiger partial charge in [-0.05, 0) is 31.0 Å². The van der Waals surface area contributed by atoms with Gasteiger partial charge in [0.05, 0.1) is 5.60 Å². The van der Waals surface area contributed by atoms with Crippen molar-refractivity contribution in [2.45, 2.75) is 45.4 Å². The largest absolute Gasteiger partial charge is 0.505 e. The predicted molar refractivity (Wildman–Crippen MR) is 89.0 cm³/mol. The van der Waals surface area contributed by atoms with Gasteiger partial charge in [-0.2, -0.15) is 0 Å². The number of guanidine groups is 1. The second-order valence-electron chi connectivity index (χ2n) is 6.77. The van der Waals surface area contributed by atoms with Crippen LogP contribution in [0, 0.1) is 11.2 Å². The number of methoxy groups -OCH3 is 1. The van der Waals surface area contributed by atoms with E-state index in [0.717, 1.165) is 12.0 Å². The van der Waals surface area contributed by atoms with Gasteiger partial charge >= 0.3 is 0 Å². The third kappa shape index (κ3) is 3.27. The fourth-order valence-electron chi connectivity index (χ4n) is 2.93. The van der Waals surface area contributed by atoms with E-state index in [1.807, 2.05) is 0 Å². The van der Waals surface area contributed by atoms with Crippen molar-refractivity contribution < 1.29 is 14.2 Å². The molecule has 0 radical (unpaired) electrons. The number of rotatable bonds is 4. The second kappa shape index (κ2) is 6.35. The number of nitrogens with one attached hydrogen (secondary N) is 2. The van der Waals surface area contributed by atoms with Gasteiger partial charge in [0.15, 0.2) is 17.5 Å². The lowest BCUT2D eigenvalue weighted by molar-refractivity contribution is -0.176. The molecule has 6 heteroatoms. The van der Waals surface area contributed by atoms with Crippen LogP contribution in [0.1, 0.15) is 32.8 Å². The lowest BCUT2D eigenvalue weighted by Gasteiger charge is -2.59. The van der Waals surface area contributed by atoms with E-state index in [0.29, 0.717) is 12.5 Å². The minimum absolute atomic E-state index is 0.0238. The third-order valence-corrected chi connectivity index (χ3v) is 5.28. The molecule has 2 unspecified atom stereocenters. The molecular weight excluding hydrogens is 297 g/mol. The maximum absolute atomic E-state index is 13.3. The van der Waals surface area contributed by atoms with Gasteiger partial charge in [-0.25, -0.2) is 4.39 Å². The summed E-state index contributed by atoms with van der Waals surface area (Å²) in [4.78, 5) is 4.21. The standard InChI is InChI=1S/C17H26FN3O2/c1-16(2)14(9-17(16,3)23-5)21-15(19-4)20-10-11-6-7-13(22)12(18)8-11/h6-8,14,22H,9-10H2,1-5H3,(H2,19,20,21). The number of phenolic OH excluding ortho intramolecular Hbond substituents is 1. The molecule has 0 heterocycles. The van der Waals surface area contributed by atoms with Crippen LogP contribution in [0.5, 0.6) is 5.75 Å². The highest BCUT2D eigenvalue weighted by molar-refractivity contribution is 5.80. The smallest absolute Gasteiger partial charge is 0.191 e. The Kier molecular flexibility index (Phi) is 4.84. The molecule has 1 fully saturated rings. The Hall–Kier alpha value is -1.82. The Morgan fingerprint density at radius 3 is 2.65 bits per heavy atom. The van der Waals surface area contributed by atoms with Crippen LogP contribution in [0.15, 0.2) is 23.2 Å². The van der Waals surface area contributed by atoms with Gasteiger partial charge in [-0.3, -0.25) is 4.99 Å². The molecule has 1 aliphatic rings. The highest BCUT2D eigenvalue weighted by Crippen LogP contribution is 2.51. The van der Waals surface area contributed by atoms with Gasteiger partial charge in [0.1, 0.15) is 0 Å². The van der Waals surface area contributed by atoms with Crippen LogP contribution in [0.3, 0.4) is 0 Å². The van der Waals surface area contributed by atoms with Gasteiger partial charge in [-0.1, -0.05) is 19.9 Å². The molecule has 0 amide bonds. The number of phenols is 1. The number of benzene rings is 1. The molecule has 0 spiro atoms. The summed E-state index contributed by atoms with van der Waals surface area (Å²) in [6.07, 6.45) is 0.894. The molecule has 0 aromatic heterocycles. The Morgan fingerprint density at radius 1 is 1.43 bits per heavy atom. The van der Waals surface area contributed by atoms with E-state index >= 15 is 0 Å². The molecule has 23 heavy (non-hydrogen) atoms. The average molecular weight is 323 g/mol. The van der Waals surface area contributed by atoms with E-state index in [4.69, 9.17) is 4.74 Å².